The van der Waals surface area contributed by atoms with E-state index in [9.17, 15) is 14.4 Å². The molecule has 140 valence electrons. The summed E-state index contributed by atoms with van der Waals surface area (Å²) in [5, 5.41) is 0. The molecular formula is C19H26N4O3. The van der Waals surface area contributed by atoms with Gasteiger partial charge in [-0.2, -0.15) is 0 Å². The Balaban J connectivity index is 1.76. The normalized spacial score (nSPS) is 22.2. The third kappa shape index (κ3) is 3.52. The fraction of sp³-hybridized carbons (Fsp3) is 0.526. The summed E-state index contributed by atoms with van der Waals surface area (Å²) >= 11 is 0. The minimum atomic E-state index is -0.225. The lowest BCUT2D eigenvalue weighted by molar-refractivity contribution is -0.145. The number of carbonyl (C=O) groups excluding carboxylic acids is 3. The Morgan fingerprint density at radius 2 is 1.77 bits per heavy atom. The van der Waals surface area contributed by atoms with Gasteiger partial charge in [0, 0.05) is 46.0 Å². The molecule has 2 unspecified atom stereocenters. The molecule has 1 aromatic carbocycles. The average molecular weight is 358 g/mol. The number of amides is 4. The van der Waals surface area contributed by atoms with Crippen LogP contribution in [0.4, 0.5) is 10.5 Å². The standard InChI is InChI=1S/C19H26N4O3/c1-20(2)17(24)13-23-16-10-9-14(18(23)25)11-22(12-16)19(26)21(3)15-7-5-4-6-8-15/h4-8,14,16H,9-13H2,1-3H3. The van der Waals surface area contributed by atoms with E-state index in [1.807, 2.05) is 30.3 Å². The lowest BCUT2D eigenvalue weighted by Crippen LogP contribution is -2.52. The van der Waals surface area contributed by atoms with Crippen molar-refractivity contribution in [1.82, 2.24) is 14.7 Å². The molecule has 0 saturated carbocycles. The fourth-order valence-corrected chi connectivity index (χ4v) is 3.67. The molecule has 0 aromatic heterocycles. The van der Waals surface area contributed by atoms with Crippen molar-refractivity contribution in [2.45, 2.75) is 18.9 Å². The molecule has 3 fully saturated rings. The van der Waals surface area contributed by atoms with E-state index in [4.69, 9.17) is 0 Å². The molecule has 2 atom stereocenters. The smallest absolute Gasteiger partial charge is 0.324 e. The van der Waals surface area contributed by atoms with Gasteiger partial charge in [-0.05, 0) is 25.0 Å². The van der Waals surface area contributed by atoms with Gasteiger partial charge in [0.05, 0.1) is 5.92 Å². The number of rotatable bonds is 3. The van der Waals surface area contributed by atoms with E-state index < -0.39 is 0 Å². The Morgan fingerprint density at radius 1 is 1.08 bits per heavy atom. The van der Waals surface area contributed by atoms with Gasteiger partial charge in [0.1, 0.15) is 6.54 Å². The van der Waals surface area contributed by atoms with Crippen LogP contribution in [0, 0.1) is 5.92 Å². The highest BCUT2D eigenvalue weighted by molar-refractivity contribution is 5.93. The van der Waals surface area contributed by atoms with Gasteiger partial charge < -0.3 is 14.7 Å². The maximum Gasteiger partial charge on any atom is 0.324 e. The van der Waals surface area contributed by atoms with Crippen molar-refractivity contribution in [1.29, 1.82) is 0 Å². The van der Waals surface area contributed by atoms with Crippen LogP contribution < -0.4 is 4.90 Å². The summed E-state index contributed by atoms with van der Waals surface area (Å²) in [6.07, 6.45) is 1.60. The number of nitrogens with zero attached hydrogens (tertiary/aromatic N) is 4. The average Bonchev–Trinajstić information content (AvgIpc) is 2.93. The van der Waals surface area contributed by atoms with E-state index in [-0.39, 0.29) is 36.3 Å². The van der Waals surface area contributed by atoms with Gasteiger partial charge in [-0.25, -0.2) is 4.79 Å². The summed E-state index contributed by atoms with van der Waals surface area (Å²) in [4.78, 5) is 44.4. The summed E-state index contributed by atoms with van der Waals surface area (Å²) in [6.45, 7) is 0.973. The molecule has 3 heterocycles. The van der Waals surface area contributed by atoms with Crippen molar-refractivity contribution >= 4 is 23.5 Å². The summed E-state index contributed by atoms with van der Waals surface area (Å²) < 4.78 is 0. The van der Waals surface area contributed by atoms with Crippen molar-refractivity contribution in [3.05, 3.63) is 30.3 Å². The SMILES string of the molecule is CN(C)C(=O)CN1C(=O)C2CCC1CN(C(=O)N(C)c1ccccc1)C2. The van der Waals surface area contributed by atoms with E-state index in [2.05, 4.69) is 0 Å². The number of piperidine rings is 1. The van der Waals surface area contributed by atoms with E-state index in [0.29, 0.717) is 13.1 Å². The first kappa shape index (κ1) is 18.2. The van der Waals surface area contributed by atoms with E-state index in [1.165, 1.54) is 4.90 Å². The molecular weight excluding hydrogens is 332 g/mol. The minimum absolute atomic E-state index is 0.00545. The molecule has 7 nitrogen and oxygen atoms in total. The van der Waals surface area contributed by atoms with Crippen molar-refractivity contribution < 1.29 is 14.4 Å². The molecule has 7 heteroatoms. The molecule has 4 amide bonds. The van der Waals surface area contributed by atoms with E-state index in [0.717, 1.165) is 18.5 Å². The number of hydrogen-bond acceptors (Lipinski definition) is 3. The van der Waals surface area contributed by atoms with Crippen LogP contribution in [-0.2, 0) is 9.59 Å². The monoisotopic (exact) mass is 358 g/mol. The number of benzene rings is 1. The first-order valence-corrected chi connectivity index (χ1v) is 8.96. The second-order valence-corrected chi connectivity index (χ2v) is 7.26. The Kier molecular flexibility index (Phi) is 5.15. The molecule has 4 rings (SSSR count). The highest BCUT2D eigenvalue weighted by atomic mass is 16.2. The number of carbonyl (C=O) groups is 3. The lowest BCUT2D eigenvalue weighted by Gasteiger charge is -2.36. The Hall–Kier alpha value is -2.57. The van der Waals surface area contributed by atoms with Crippen molar-refractivity contribution in [2.75, 3.05) is 45.7 Å². The predicted molar refractivity (Wildman–Crippen MR) is 98.7 cm³/mol. The molecule has 3 saturated heterocycles. The van der Waals surface area contributed by atoms with Crippen LogP contribution in [0.3, 0.4) is 0 Å². The topological polar surface area (TPSA) is 64.2 Å². The van der Waals surface area contributed by atoms with Gasteiger partial charge in [0.15, 0.2) is 0 Å². The number of likely N-dealkylation sites (N-methyl/N-ethyl adjacent to an activating group) is 1. The van der Waals surface area contributed by atoms with Crippen LogP contribution in [0.2, 0.25) is 0 Å². The number of hydrogen-bond donors (Lipinski definition) is 0. The molecule has 0 spiro atoms. The van der Waals surface area contributed by atoms with E-state index >= 15 is 0 Å². The maximum atomic E-state index is 13.0. The van der Waals surface area contributed by atoms with Gasteiger partial charge >= 0.3 is 6.03 Å². The second kappa shape index (κ2) is 7.35. The Bertz CT molecular complexity index is 691. The molecule has 3 aliphatic rings. The van der Waals surface area contributed by atoms with Crippen LogP contribution in [-0.4, -0.2) is 79.4 Å². The van der Waals surface area contributed by atoms with Gasteiger partial charge in [0.25, 0.3) is 0 Å². The van der Waals surface area contributed by atoms with E-state index in [1.54, 1.807) is 35.8 Å². The first-order chi connectivity index (χ1) is 12.4. The Morgan fingerprint density at radius 3 is 2.42 bits per heavy atom. The molecule has 26 heavy (non-hydrogen) atoms. The second-order valence-electron chi connectivity index (χ2n) is 7.26. The van der Waals surface area contributed by atoms with Crippen molar-refractivity contribution in [2.24, 2.45) is 5.92 Å². The molecule has 0 N–H and O–H groups in total. The van der Waals surface area contributed by atoms with Crippen LogP contribution in [0.15, 0.2) is 30.3 Å². The fourth-order valence-electron chi connectivity index (χ4n) is 3.67. The van der Waals surface area contributed by atoms with Crippen molar-refractivity contribution in [3.63, 3.8) is 0 Å². The number of urea groups is 1. The number of anilines is 1. The lowest BCUT2D eigenvalue weighted by atomic mass is 9.94. The van der Waals surface area contributed by atoms with Crippen LogP contribution in [0.25, 0.3) is 0 Å². The summed E-state index contributed by atoms with van der Waals surface area (Å²) in [7, 11) is 5.13. The zero-order valence-electron chi connectivity index (χ0n) is 15.6. The summed E-state index contributed by atoms with van der Waals surface area (Å²) in [6, 6.07) is 9.26. The third-order valence-electron chi connectivity index (χ3n) is 5.30. The molecule has 0 aliphatic carbocycles. The zero-order chi connectivity index (χ0) is 18.8. The molecule has 3 aliphatic heterocycles. The predicted octanol–water partition coefficient (Wildman–Crippen LogP) is 1.25. The number of para-hydroxylation sites is 1. The minimum Gasteiger partial charge on any atom is -0.347 e. The Labute approximate surface area is 154 Å². The van der Waals surface area contributed by atoms with Crippen molar-refractivity contribution in [3.8, 4) is 0 Å². The maximum absolute atomic E-state index is 13.0. The molecule has 2 bridgehead atoms. The van der Waals surface area contributed by atoms with Gasteiger partial charge in [-0.15, -0.1) is 0 Å². The quantitative estimate of drug-likeness (QED) is 0.817. The highest BCUT2D eigenvalue weighted by Crippen LogP contribution is 2.30. The largest absolute Gasteiger partial charge is 0.347 e. The highest BCUT2D eigenvalue weighted by Gasteiger charge is 2.43. The zero-order valence-corrected chi connectivity index (χ0v) is 15.6. The van der Waals surface area contributed by atoms with Crippen LogP contribution in [0.1, 0.15) is 12.8 Å². The summed E-state index contributed by atoms with van der Waals surface area (Å²) in [5.41, 5.74) is 0.820. The molecule has 1 aromatic rings. The van der Waals surface area contributed by atoms with Gasteiger partial charge in [-0.1, -0.05) is 18.2 Å². The molecule has 0 radical (unpaired) electrons. The number of fused-ring (bicyclic) bond motifs is 4. The first-order valence-electron chi connectivity index (χ1n) is 8.96. The van der Waals surface area contributed by atoms with Gasteiger partial charge in [0.2, 0.25) is 11.8 Å². The summed E-state index contributed by atoms with van der Waals surface area (Å²) in [5.74, 6) is -0.323. The van der Waals surface area contributed by atoms with Crippen LogP contribution >= 0.6 is 0 Å². The third-order valence-corrected chi connectivity index (χ3v) is 5.30. The van der Waals surface area contributed by atoms with Crippen LogP contribution in [0.5, 0.6) is 0 Å². The van der Waals surface area contributed by atoms with Gasteiger partial charge in [-0.3, -0.25) is 14.5 Å².